The van der Waals surface area contributed by atoms with Gasteiger partial charge in [0.1, 0.15) is 6.17 Å². The maximum atomic E-state index is 12.6. The summed E-state index contributed by atoms with van der Waals surface area (Å²) < 4.78 is 2.75. The van der Waals surface area contributed by atoms with E-state index in [1.807, 2.05) is 0 Å². The van der Waals surface area contributed by atoms with Gasteiger partial charge in [0.2, 0.25) is 3.79 Å². The second-order valence-corrected chi connectivity index (χ2v) is 9.33. The number of carbonyl (C=O) groups is 2. The van der Waals surface area contributed by atoms with Crippen molar-refractivity contribution in [2.24, 2.45) is 0 Å². The molecule has 2 rings (SSSR count). The first-order valence-electron chi connectivity index (χ1n) is 8.10. The predicted octanol–water partition coefficient (Wildman–Crippen LogP) is 5.19. The smallest absolute Gasteiger partial charge is 0.339 e. The fourth-order valence-electron chi connectivity index (χ4n) is 2.25. The minimum atomic E-state index is -1.98. The van der Waals surface area contributed by atoms with Crippen molar-refractivity contribution in [2.75, 3.05) is 12.4 Å². The number of halogens is 5. The topological polar surface area (TPSA) is 79.5 Å². The number of ether oxygens (including phenoxy) is 1. The Labute approximate surface area is 203 Å². The molecule has 30 heavy (non-hydrogen) atoms. The maximum absolute atomic E-state index is 12.6. The summed E-state index contributed by atoms with van der Waals surface area (Å²) in [5, 5.41) is 8.47. The third-order valence-electron chi connectivity index (χ3n) is 3.63. The first-order chi connectivity index (χ1) is 14.0. The van der Waals surface area contributed by atoms with Gasteiger partial charge in [-0.05, 0) is 42.5 Å². The fraction of sp³-hybridized carbons (Fsp3) is 0.167. The van der Waals surface area contributed by atoms with Crippen molar-refractivity contribution in [1.82, 2.24) is 10.6 Å². The van der Waals surface area contributed by atoms with Crippen molar-refractivity contribution in [2.45, 2.75) is 9.96 Å². The zero-order valence-electron chi connectivity index (χ0n) is 15.1. The molecule has 6 nitrogen and oxygen atoms in total. The molecule has 0 heterocycles. The van der Waals surface area contributed by atoms with Gasteiger partial charge in [-0.3, -0.25) is 4.79 Å². The Morgan fingerprint density at radius 3 is 2.30 bits per heavy atom. The molecule has 0 aliphatic heterocycles. The van der Waals surface area contributed by atoms with Crippen LogP contribution in [0.2, 0.25) is 10.0 Å². The molecule has 0 aliphatic rings. The van der Waals surface area contributed by atoms with Gasteiger partial charge < -0.3 is 20.7 Å². The van der Waals surface area contributed by atoms with Crippen LogP contribution >= 0.6 is 70.2 Å². The molecule has 0 bridgehead atoms. The molecule has 3 N–H and O–H groups in total. The molecule has 160 valence electrons. The molecule has 1 amide bonds. The van der Waals surface area contributed by atoms with Gasteiger partial charge in [0.25, 0.3) is 5.91 Å². The number of carbonyl (C=O) groups excluding carboxylic acids is 2. The Morgan fingerprint density at radius 1 is 1.03 bits per heavy atom. The fourth-order valence-corrected chi connectivity index (χ4v) is 3.30. The minimum absolute atomic E-state index is 0.0230. The van der Waals surface area contributed by atoms with E-state index in [9.17, 15) is 9.59 Å². The van der Waals surface area contributed by atoms with Crippen LogP contribution < -0.4 is 16.0 Å². The molecular weight excluding hydrogens is 516 g/mol. The number of para-hydroxylation sites is 1. The largest absolute Gasteiger partial charge is 0.465 e. The summed E-state index contributed by atoms with van der Waals surface area (Å²) in [7, 11) is 1.26. The normalized spacial score (nSPS) is 11.9. The Hall–Kier alpha value is -1.48. The highest BCUT2D eigenvalue weighted by molar-refractivity contribution is 7.80. The molecule has 2 aromatic carbocycles. The van der Waals surface area contributed by atoms with Crippen LogP contribution in [0.4, 0.5) is 5.69 Å². The number of anilines is 1. The Kier molecular flexibility index (Phi) is 8.85. The van der Waals surface area contributed by atoms with Gasteiger partial charge in [0.05, 0.1) is 28.9 Å². The second-order valence-electron chi connectivity index (χ2n) is 5.71. The zero-order chi connectivity index (χ0) is 22.5. The lowest BCUT2D eigenvalue weighted by Gasteiger charge is -2.28. The van der Waals surface area contributed by atoms with Gasteiger partial charge in [0.15, 0.2) is 5.11 Å². The number of nitrogens with one attached hydrogen (secondary N) is 3. The molecule has 2 aromatic rings. The highest BCUT2D eigenvalue weighted by atomic mass is 35.6. The van der Waals surface area contributed by atoms with E-state index in [4.69, 9.17) is 75.0 Å². The van der Waals surface area contributed by atoms with Crippen LogP contribution in [0.1, 0.15) is 20.7 Å². The van der Waals surface area contributed by atoms with E-state index < -0.39 is 21.8 Å². The van der Waals surface area contributed by atoms with Crippen molar-refractivity contribution in [3.63, 3.8) is 0 Å². The van der Waals surface area contributed by atoms with Gasteiger partial charge in [-0.2, -0.15) is 0 Å². The average molecular weight is 530 g/mol. The van der Waals surface area contributed by atoms with Gasteiger partial charge >= 0.3 is 5.97 Å². The van der Waals surface area contributed by atoms with Gasteiger partial charge in [0, 0.05) is 5.02 Å². The summed E-state index contributed by atoms with van der Waals surface area (Å²) in [6.07, 6.45) is -1.24. The van der Waals surface area contributed by atoms with E-state index in [1.54, 1.807) is 24.3 Å². The van der Waals surface area contributed by atoms with Gasteiger partial charge in [-0.25, -0.2) is 4.79 Å². The molecule has 0 radical (unpaired) electrons. The highest BCUT2D eigenvalue weighted by Gasteiger charge is 2.35. The molecule has 0 fully saturated rings. The molecule has 0 spiro atoms. The third kappa shape index (κ3) is 6.77. The molecule has 1 unspecified atom stereocenters. The lowest BCUT2D eigenvalue weighted by molar-refractivity contribution is 0.0601. The summed E-state index contributed by atoms with van der Waals surface area (Å²) in [6, 6.07) is 10.8. The van der Waals surface area contributed by atoms with Gasteiger partial charge in [-0.1, -0.05) is 70.1 Å². The second kappa shape index (κ2) is 10.7. The maximum Gasteiger partial charge on any atom is 0.339 e. The van der Waals surface area contributed by atoms with Crippen LogP contribution in [-0.4, -0.2) is 34.1 Å². The third-order valence-corrected chi connectivity index (χ3v) is 5.06. The number of hydrogen-bond acceptors (Lipinski definition) is 4. The van der Waals surface area contributed by atoms with Crippen LogP contribution in [-0.2, 0) is 4.74 Å². The molecule has 1 atom stereocenters. The molecule has 0 saturated carbocycles. The van der Waals surface area contributed by atoms with Crippen LogP contribution in [0.3, 0.4) is 0 Å². The first kappa shape index (κ1) is 24.8. The summed E-state index contributed by atoms with van der Waals surface area (Å²) in [4.78, 5) is 24.5. The summed E-state index contributed by atoms with van der Waals surface area (Å²) >= 11 is 35.1. The molecular formula is C18H14Cl5N3O3S. The molecule has 0 saturated heterocycles. The number of benzene rings is 2. The first-order valence-corrected chi connectivity index (χ1v) is 10.4. The Bertz CT molecular complexity index is 968. The number of thiocarbonyl (C=S) groups is 1. The van der Waals surface area contributed by atoms with Crippen LogP contribution in [0.15, 0.2) is 42.5 Å². The number of rotatable bonds is 5. The van der Waals surface area contributed by atoms with E-state index in [1.165, 1.54) is 25.3 Å². The van der Waals surface area contributed by atoms with E-state index in [0.29, 0.717) is 10.7 Å². The van der Waals surface area contributed by atoms with Crippen molar-refractivity contribution < 1.29 is 14.3 Å². The Morgan fingerprint density at radius 2 is 1.70 bits per heavy atom. The SMILES string of the molecule is COC(=O)c1ccccc1NC(=S)NC(NC(=O)c1ccc(Cl)cc1Cl)C(Cl)(Cl)Cl. The van der Waals surface area contributed by atoms with Crippen LogP contribution in [0, 0.1) is 0 Å². The van der Waals surface area contributed by atoms with Crippen LogP contribution in [0.25, 0.3) is 0 Å². The van der Waals surface area contributed by atoms with Gasteiger partial charge in [-0.15, -0.1) is 0 Å². The number of esters is 1. The zero-order valence-corrected chi connectivity index (χ0v) is 19.7. The summed E-state index contributed by atoms with van der Waals surface area (Å²) in [5.74, 6) is -1.19. The van der Waals surface area contributed by atoms with E-state index in [-0.39, 0.29) is 21.3 Å². The number of alkyl halides is 3. The average Bonchev–Trinajstić information content (AvgIpc) is 2.66. The summed E-state index contributed by atoms with van der Waals surface area (Å²) in [5.41, 5.74) is 0.723. The predicted molar refractivity (Wildman–Crippen MR) is 125 cm³/mol. The highest BCUT2D eigenvalue weighted by Crippen LogP contribution is 2.30. The van der Waals surface area contributed by atoms with Crippen molar-refractivity contribution in [3.8, 4) is 0 Å². The van der Waals surface area contributed by atoms with E-state index in [2.05, 4.69) is 16.0 Å². The molecule has 0 aromatic heterocycles. The molecule has 12 heteroatoms. The minimum Gasteiger partial charge on any atom is -0.465 e. The standard InChI is InChI=1S/C18H14Cl5N3O3S/c1-29-15(28)11-4-2-3-5-13(11)24-17(30)26-16(18(21,22)23)25-14(27)10-7-6-9(19)8-12(10)20/h2-8,16H,1H3,(H,25,27)(H2,24,26,30). The monoisotopic (exact) mass is 527 g/mol. The Balaban J connectivity index is 2.16. The van der Waals surface area contributed by atoms with E-state index >= 15 is 0 Å². The van der Waals surface area contributed by atoms with Crippen molar-refractivity contribution in [3.05, 3.63) is 63.6 Å². The lowest BCUT2D eigenvalue weighted by atomic mass is 10.2. The quantitative estimate of drug-likeness (QED) is 0.214. The number of methoxy groups -OCH3 is 1. The lowest BCUT2D eigenvalue weighted by Crippen LogP contribution is -2.56. The molecule has 0 aliphatic carbocycles. The van der Waals surface area contributed by atoms with Crippen molar-refractivity contribution >= 4 is 92.9 Å². The van der Waals surface area contributed by atoms with E-state index in [0.717, 1.165) is 0 Å². The number of hydrogen-bond donors (Lipinski definition) is 3. The van der Waals surface area contributed by atoms with Crippen molar-refractivity contribution in [1.29, 1.82) is 0 Å². The van der Waals surface area contributed by atoms with Crippen LogP contribution in [0.5, 0.6) is 0 Å². The number of amides is 1. The summed E-state index contributed by atoms with van der Waals surface area (Å²) in [6.45, 7) is 0.